The zero-order chi connectivity index (χ0) is 19.0. The molecule has 2 aromatic heterocycles. The number of anilines is 3. The molecule has 1 aliphatic heterocycles. The molecule has 7 nitrogen and oxygen atoms in total. The molecule has 1 fully saturated rings. The number of hydrogen-bond acceptors (Lipinski definition) is 6. The topological polar surface area (TPSA) is 91.4 Å². The zero-order valence-corrected chi connectivity index (χ0v) is 15.8. The van der Waals surface area contributed by atoms with Gasteiger partial charge in [0.15, 0.2) is 6.29 Å². The molecule has 8 heteroatoms. The van der Waals surface area contributed by atoms with Gasteiger partial charge in [-0.1, -0.05) is 0 Å². The van der Waals surface area contributed by atoms with E-state index in [1.54, 1.807) is 17.4 Å². The number of carbonyl (C=O) groups excluding carboxylic acids is 3. The number of aromatic nitrogens is 1. The van der Waals surface area contributed by atoms with Crippen LogP contribution in [-0.4, -0.2) is 41.1 Å². The Morgan fingerprint density at radius 3 is 2.93 bits per heavy atom. The number of rotatable bonds is 6. The van der Waals surface area contributed by atoms with Gasteiger partial charge in [-0.2, -0.15) is 0 Å². The summed E-state index contributed by atoms with van der Waals surface area (Å²) in [6.07, 6.45) is 4.78. The number of hydrogen-bond donors (Lipinski definition) is 2. The molecule has 140 valence electrons. The van der Waals surface area contributed by atoms with Crippen molar-refractivity contribution in [2.45, 2.75) is 26.2 Å². The second kappa shape index (κ2) is 7.11. The van der Waals surface area contributed by atoms with Crippen LogP contribution < -0.4 is 10.6 Å². The van der Waals surface area contributed by atoms with E-state index < -0.39 is 0 Å². The van der Waals surface area contributed by atoms with Crippen molar-refractivity contribution in [2.24, 2.45) is 5.92 Å². The van der Waals surface area contributed by atoms with E-state index in [1.807, 2.05) is 17.2 Å². The first kappa shape index (κ1) is 17.7. The number of thiophene rings is 1. The number of pyridine rings is 1. The monoisotopic (exact) mass is 384 g/mol. The highest BCUT2D eigenvalue weighted by molar-refractivity contribution is 7.11. The standard InChI is InChI=1S/C19H20N4O3S/c1-2-23-6-5-15-17(19(23)26)14(10-27-15)21-13-7-16(20-8-12(13)9-24)22-18(25)11-3-4-11/h7-11H,2-6H2,1H3,(H2,20,21,22,25). The molecule has 1 saturated carbocycles. The first-order chi connectivity index (χ1) is 13.1. The molecule has 27 heavy (non-hydrogen) atoms. The highest BCUT2D eigenvalue weighted by atomic mass is 32.1. The SMILES string of the molecule is CCN1CCc2scc(Nc3cc(NC(=O)C4CC4)ncc3C=O)c2C1=O. The molecule has 2 amide bonds. The summed E-state index contributed by atoms with van der Waals surface area (Å²) in [7, 11) is 0. The summed E-state index contributed by atoms with van der Waals surface area (Å²) >= 11 is 1.54. The molecule has 3 heterocycles. The number of nitrogens with one attached hydrogen (secondary N) is 2. The van der Waals surface area contributed by atoms with E-state index in [-0.39, 0.29) is 17.7 Å². The highest BCUT2D eigenvalue weighted by Gasteiger charge is 2.30. The number of amides is 2. The lowest BCUT2D eigenvalue weighted by atomic mass is 10.1. The molecule has 0 bridgehead atoms. The van der Waals surface area contributed by atoms with E-state index in [9.17, 15) is 14.4 Å². The normalized spacial score (nSPS) is 16.0. The maximum atomic E-state index is 12.7. The lowest BCUT2D eigenvalue weighted by Crippen LogP contribution is -2.36. The molecule has 0 aromatic carbocycles. The fourth-order valence-electron chi connectivity index (χ4n) is 3.16. The summed E-state index contributed by atoms with van der Waals surface area (Å²) in [6.45, 7) is 3.36. The Bertz CT molecular complexity index is 920. The third kappa shape index (κ3) is 3.44. The van der Waals surface area contributed by atoms with Crippen LogP contribution in [0.15, 0.2) is 17.6 Å². The van der Waals surface area contributed by atoms with Crippen LogP contribution in [0.5, 0.6) is 0 Å². The van der Waals surface area contributed by atoms with Crippen LogP contribution in [0.25, 0.3) is 0 Å². The Morgan fingerprint density at radius 2 is 2.22 bits per heavy atom. The van der Waals surface area contributed by atoms with Crippen LogP contribution in [0, 0.1) is 5.92 Å². The van der Waals surface area contributed by atoms with E-state index in [0.29, 0.717) is 41.2 Å². The van der Waals surface area contributed by atoms with Gasteiger partial charge in [0.05, 0.1) is 22.5 Å². The number of nitrogens with zero attached hydrogens (tertiary/aromatic N) is 2. The van der Waals surface area contributed by atoms with E-state index in [2.05, 4.69) is 15.6 Å². The van der Waals surface area contributed by atoms with E-state index in [0.717, 1.165) is 30.7 Å². The number of fused-ring (bicyclic) bond motifs is 1. The van der Waals surface area contributed by atoms with Gasteiger partial charge in [-0.05, 0) is 19.8 Å². The van der Waals surface area contributed by atoms with Crippen molar-refractivity contribution in [3.05, 3.63) is 33.6 Å². The maximum Gasteiger partial charge on any atom is 0.257 e. The molecule has 0 spiro atoms. The van der Waals surface area contributed by atoms with Gasteiger partial charge >= 0.3 is 0 Å². The molecule has 0 saturated heterocycles. The fourth-order valence-corrected chi connectivity index (χ4v) is 4.12. The Kier molecular flexibility index (Phi) is 4.65. The molecule has 0 unspecified atom stereocenters. The summed E-state index contributed by atoms with van der Waals surface area (Å²) in [5.74, 6) is 0.418. The summed E-state index contributed by atoms with van der Waals surface area (Å²) in [4.78, 5) is 43.1. The third-order valence-electron chi connectivity index (χ3n) is 4.89. The van der Waals surface area contributed by atoms with Crippen molar-refractivity contribution >= 4 is 46.6 Å². The minimum Gasteiger partial charge on any atom is -0.353 e. The van der Waals surface area contributed by atoms with Crippen LogP contribution in [0.3, 0.4) is 0 Å². The van der Waals surface area contributed by atoms with Crippen LogP contribution in [0.2, 0.25) is 0 Å². The quantitative estimate of drug-likeness (QED) is 0.747. The molecule has 2 aromatic rings. The Labute approximate surface area is 160 Å². The average Bonchev–Trinajstić information content (AvgIpc) is 3.44. The predicted molar refractivity (Wildman–Crippen MR) is 104 cm³/mol. The first-order valence-corrected chi connectivity index (χ1v) is 9.91. The van der Waals surface area contributed by atoms with Crippen molar-refractivity contribution in [3.8, 4) is 0 Å². The Balaban J connectivity index is 1.62. The largest absolute Gasteiger partial charge is 0.353 e. The van der Waals surface area contributed by atoms with Gasteiger partial charge in [0.2, 0.25) is 5.91 Å². The van der Waals surface area contributed by atoms with Gasteiger partial charge in [0.25, 0.3) is 5.91 Å². The molecule has 0 radical (unpaired) electrons. The van der Waals surface area contributed by atoms with Gasteiger partial charge in [-0.15, -0.1) is 11.3 Å². The minimum atomic E-state index is -0.0472. The zero-order valence-electron chi connectivity index (χ0n) is 14.9. The number of carbonyl (C=O) groups is 3. The number of aldehydes is 1. The van der Waals surface area contributed by atoms with E-state index >= 15 is 0 Å². The first-order valence-electron chi connectivity index (χ1n) is 9.03. The molecule has 0 atom stereocenters. The van der Waals surface area contributed by atoms with Crippen molar-refractivity contribution in [2.75, 3.05) is 23.7 Å². The van der Waals surface area contributed by atoms with Gasteiger partial charge in [0.1, 0.15) is 5.82 Å². The van der Waals surface area contributed by atoms with Crippen LogP contribution >= 0.6 is 11.3 Å². The van der Waals surface area contributed by atoms with Crippen molar-refractivity contribution in [1.29, 1.82) is 0 Å². The smallest absolute Gasteiger partial charge is 0.257 e. The molecule has 2 aliphatic rings. The molecule has 1 aliphatic carbocycles. The van der Waals surface area contributed by atoms with E-state index in [4.69, 9.17) is 0 Å². The van der Waals surface area contributed by atoms with E-state index in [1.165, 1.54) is 6.20 Å². The summed E-state index contributed by atoms with van der Waals surface area (Å²) < 4.78 is 0. The van der Waals surface area contributed by atoms with Crippen molar-refractivity contribution in [3.63, 3.8) is 0 Å². The lowest BCUT2D eigenvalue weighted by molar-refractivity contribution is -0.117. The lowest BCUT2D eigenvalue weighted by Gasteiger charge is -2.26. The molecular formula is C19H20N4O3S. The van der Waals surface area contributed by atoms with Gasteiger partial charge in [-0.3, -0.25) is 14.4 Å². The maximum absolute atomic E-state index is 12.7. The summed E-state index contributed by atoms with van der Waals surface area (Å²) in [6, 6.07) is 1.64. The van der Waals surface area contributed by atoms with Crippen molar-refractivity contribution < 1.29 is 14.4 Å². The molecule has 2 N–H and O–H groups in total. The van der Waals surface area contributed by atoms with Crippen LogP contribution in [-0.2, 0) is 11.2 Å². The second-order valence-corrected chi connectivity index (χ2v) is 7.71. The third-order valence-corrected chi connectivity index (χ3v) is 5.94. The van der Waals surface area contributed by atoms with Gasteiger partial charge < -0.3 is 15.5 Å². The highest BCUT2D eigenvalue weighted by Crippen LogP contribution is 2.35. The minimum absolute atomic E-state index is 0.00599. The summed E-state index contributed by atoms with van der Waals surface area (Å²) in [5, 5.41) is 7.89. The summed E-state index contributed by atoms with van der Waals surface area (Å²) in [5.41, 5.74) is 2.25. The average molecular weight is 384 g/mol. The van der Waals surface area contributed by atoms with Gasteiger partial charge in [0, 0.05) is 47.9 Å². The molecular weight excluding hydrogens is 364 g/mol. The Hall–Kier alpha value is -2.74. The second-order valence-electron chi connectivity index (χ2n) is 6.75. The Morgan fingerprint density at radius 1 is 1.41 bits per heavy atom. The van der Waals surface area contributed by atoms with Crippen LogP contribution in [0.4, 0.5) is 17.2 Å². The van der Waals surface area contributed by atoms with Crippen LogP contribution in [0.1, 0.15) is 45.4 Å². The van der Waals surface area contributed by atoms with Gasteiger partial charge in [-0.25, -0.2) is 4.98 Å². The molecule has 4 rings (SSSR count). The number of likely N-dealkylation sites (N-methyl/N-ethyl adjacent to an activating group) is 1. The van der Waals surface area contributed by atoms with Crippen molar-refractivity contribution in [1.82, 2.24) is 9.88 Å². The predicted octanol–water partition coefficient (Wildman–Crippen LogP) is 3.07. The fraction of sp³-hybridized carbons (Fsp3) is 0.368.